The molecule has 0 rings (SSSR count). The first kappa shape index (κ1) is 18.7. The monoisotopic (exact) mass is 268 g/mol. The largest absolute Gasteiger partial charge is 0.299 e. The molecule has 0 fully saturated rings. The van der Waals surface area contributed by atoms with Crippen LogP contribution in [0.1, 0.15) is 93.9 Å². The van der Waals surface area contributed by atoms with Crippen LogP contribution in [-0.4, -0.2) is 5.78 Å². The van der Waals surface area contributed by atoms with E-state index >= 15 is 0 Å². The fourth-order valence-electron chi connectivity index (χ4n) is 2.84. The standard InChI is InChI=1S/C18H36O/c1-9-16(5,6)14-17(7,10-2)13-15(19)18(8,11-3)12-4/h9-14H2,1-8H3. The van der Waals surface area contributed by atoms with Gasteiger partial charge in [0.1, 0.15) is 5.78 Å². The highest BCUT2D eigenvalue weighted by Gasteiger charge is 2.37. The normalized spacial score (nSPS) is 16.2. The summed E-state index contributed by atoms with van der Waals surface area (Å²) in [5.74, 6) is 0.466. The molecule has 0 aromatic carbocycles. The van der Waals surface area contributed by atoms with E-state index in [2.05, 4.69) is 55.4 Å². The topological polar surface area (TPSA) is 17.1 Å². The molecule has 0 spiro atoms. The molecule has 1 atom stereocenters. The van der Waals surface area contributed by atoms with Crippen molar-refractivity contribution in [2.45, 2.75) is 93.9 Å². The maximum atomic E-state index is 12.7. The molecule has 0 aliphatic carbocycles. The molecule has 0 aromatic heterocycles. The lowest BCUT2D eigenvalue weighted by molar-refractivity contribution is -0.131. The Balaban J connectivity index is 4.94. The third kappa shape index (κ3) is 5.28. The van der Waals surface area contributed by atoms with Gasteiger partial charge in [0.05, 0.1) is 0 Å². The van der Waals surface area contributed by atoms with Crippen LogP contribution in [0.2, 0.25) is 0 Å². The van der Waals surface area contributed by atoms with Crippen molar-refractivity contribution in [3.63, 3.8) is 0 Å². The van der Waals surface area contributed by atoms with Crippen LogP contribution in [0.3, 0.4) is 0 Å². The van der Waals surface area contributed by atoms with Crippen molar-refractivity contribution in [2.24, 2.45) is 16.2 Å². The van der Waals surface area contributed by atoms with E-state index in [1.165, 1.54) is 6.42 Å². The molecule has 1 nitrogen and oxygen atoms in total. The first-order chi connectivity index (χ1) is 8.58. The summed E-state index contributed by atoms with van der Waals surface area (Å²) < 4.78 is 0. The lowest BCUT2D eigenvalue weighted by Crippen LogP contribution is -2.34. The van der Waals surface area contributed by atoms with Gasteiger partial charge >= 0.3 is 0 Å². The van der Waals surface area contributed by atoms with E-state index in [9.17, 15) is 4.79 Å². The summed E-state index contributed by atoms with van der Waals surface area (Å²) in [5.41, 5.74) is 0.370. The third-order valence-corrected chi connectivity index (χ3v) is 5.54. The quantitative estimate of drug-likeness (QED) is 0.500. The predicted molar refractivity (Wildman–Crippen MR) is 85.4 cm³/mol. The molecule has 0 N–H and O–H groups in total. The van der Waals surface area contributed by atoms with Gasteiger partial charge in [-0.05, 0) is 30.1 Å². The second-order valence-corrected chi connectivity index (χ2v) is 7.73. The minimum Gasteiger partial charge on any atom is -0.299 e. The SMILES string of the molecule is CCC(C)(C)CC(C)(CC)CC(=O)C(C)(CC)CC. The van der Waals surface area contributed by atoms with Crippen molar-refractivity contribution in [3.05, 3.63) is 0 Å². The average Bonchev–Trinajstić information content (AvgIpc) is 2.36. The molecule has 19 heavy (non-hydrogen) atoms. The number of Topliss-reactive ketones (excluding diaryl/α,β-unsaturated/α-hetero) is 1. The fourth-order valence-corrected chi connectivity index (χ4v) is 2.84. The lowest BCUT2D eigenvalue weighted by atomic mass is 9.66. The van der Waals surface area contributed by atoms with Gasteiger partial charge < -0.3 is 0 Å². The predicted octanol–water partition coefficient (Wildman–Crippen LogP) is 6.01. The molecule has 0 aromatic rings. The van der Waals surface area contributed by atoms with Gasteiger partial charge in [-0.2, -0.15) is 0 Å². The zero-order chi connectivity index (χ0) is 15.3. The van der Waals surface area contributed by atoms with Crippen LogP contribution in [0, 0.1) is 16.2 Å². The summed E-state index contributed by atoms with van der Waals surface area (Å²) in [6.45, 7) is 17.8. The molecule has 0 amide bonds. The van der Waals surface area contributed by atoms with Crippen molar-refractivity contribution in [3.8, 4) is 0 Å². The molecular formula is C18H36O. The second kappa shape index (κ2) is 6.90. The Morgan fingerprint density at radius 2 is 1.26 bits per heavy atom. The van der Waals surface area contributed by atoms with Crippen molar-refractivity contribution in [1.29, 1.82) is 0 Å². The van der Waals surface area contributed by atoms with Gasteiger partial charge in [0.25, 0.3) is 0 Å². The molecule has 0 aliphatic heterocycles. The summed E-state index contributed by atoms with van der Waals surface area (Å²) in [5, 5.41) is 0. The molecular weight excluding hydrogens is 232 g/mol. The Bertz CT molecular complexity index is 286. The van der Waals surface area contributed by atoms with Gasteiger partial charge in [0, 0.05) is 11.8 Å². The molecule has 0 radical (unpaired) electrons. The molecule has 0 bridgehead atoms. The van der Waals surface area contributed by atoms with Crippen LogP contribution in [0.25, 0.3) is 0 Å². The summed E-state index contributed by atoms with van der Waals surface area (Å²) >= 11 is 0. The Labute approximate surface area is 121 Å². The summed E-state index contributed by atoms with van der Waals surface area (Å²) in [6, 6.07) is 0. The summed E-state index contributed by atoms with van der Waals surface area (Å²) in [7, 11) is 0. The number of carbonyl (C=O) groups excluding carboxylic acids is 1. The van der Waals surface area contributed by atoms with Crippen molar-refractivity contribution >= 4 is 5.78 Å². The Morgan fingerprint density at radius 3 is 1.58 bits per heavy atom. The van der Waals surface area contributed by atoms with Crippen LogP contribution in [0.5, 0.6) is 0 Å². The molecule has 1 heteroatoms. The van der Waals surface area contributed by atoms with E-state index in [0.29, 0.717) is 11.2 Å². The maximum Gasteiger partial charge on any atom is 0.139 e. The number of hydrogen-bond acceptors (Lipinski definition) is 1. The molecule has 0 heterocycles. The van der Waals surface area contributed by atoms with Crippen LogP contribution in [0.4, 0.5) is 0 Å². The first-order valence-corrected chi connectivity index (χ1v) is 8.11. The number of ketones is 1. The van der Waals surface area contributed by atoms with Gasteiger partial charge in [-0.3, -0.25) is 4.79 Å². The summed E-state index contributed by atoms with van der Waals surface area (Å²) in [6.07, 6.45) is 6.06. The molecule has 1 unspecified atom stereocenters. The maximum absolute atomic E-state index is 12.7. The molecule has 0 aliphatic rings. The average molecular weight is 268 g/mol. The van der Waals surface area contributed by atoms with Crippen molar-refractivity contribution < 1.29 is 4.79 Å². The first-order valence-electron chi connectivity index (χ1n) is 8.11. The van der Waals surface area contributed by atoms with Crippen molar-refractivity contribution in [1.82, 2.24) is 0 Å². The second-order valence-electron chi connectivity index (χ2n) is 7.73. The summed E-state index contributed by atoms with van der Waals surface area (Å²) in [4.78, 5) is 12.7. The highest BCUT2D eigenvalue weighted by Crippen LogP contribution is 2.43. The van der Waals surface area contributed by atoms with E-state index in [1.54, 1.807) is 0 Å². The smallest absolute Gasteiger partial charge is 0.139 e. The minimum absolute atomic E-state index is 0.118. The zero-order valence-corrected chi connectivity index (χ0v) is 14.7. The highest BCUT2D eigenvalue weighted by molar-refractivity contribution is 5.84. The van der Waals surface area contributed by atoms with Gasteiger partial charge in [-0.25, -0.2) is 0 Å². The van der Waals surface area contributed by atoms with Crippen LogP contribution in [-0.2, 0) is 4.79 Å². The highest BCUT2D eigenvalue weighted by atomic mass is 16.1. The Kier molecular flexibility index (Phi) is 6.78. The Morgan fingerprint density at radius 1 is 0.789 bits per heavy atom. The zero-order valence-electron chi connectivity index (χ0n) is 14.7. The molecule has 114 valence electrons. The number of rotatable bonds is 9. The Hall–Kier alpha value is -0.330. The van der Waals surface area contributed by atoms with E-state index in [0.717, 1.165) is 32.1 Å². The van der Waals surface area contributed by atoms with Crippen LogP contribution in [0.15, 0.2) is 0 Å². The van der Waals surface area contributed by atoms with Crippen molar-refractivity contribution in [2.75, 3.05) is 0 Å². The lowest BCUT2D eigenvalue weighted by Gasteiger charge is -2.38. The van der Waals surface area contributed by atoms with E-state index < -0.39 is 0 Å². The number of hydrogen-bond donors (Lipinski definition) is 0. The van der Waals surface area contributed by atoms with Gasteiger partial charge in [-0.15, -0.1) is 0 Å². The molecule has 0 saturated carbocycles. The third-order valence-electron chi connectivity index (χ3n) is 5.54. The molecule has 0 saturated heterocycles. The van der Waals surface area contributed by atoms with Gasteiger partial charge in [0.15, 0.2) is 0 Å². The van der Waals surface area contributed by atoms with Gasteiger partial charge in [-0.1, -0.05) is 68.2 Å². The van der Waals surface area contributed by atoms with Crippen LogP contribution >= 0.6 is 0 Å². The number of carbonyl (C=O) groups is 1. The van der Waals surface area contributed by atoms with Crippen LogP contribution < -0.4 is 0 Å². The fraction of sp³-hybridized carbons (Fsp3) is 0.944. The van der Waals surface area contributed by atoms with E-state index in [4.69, 9.17) is 0 Å². The van der Waals surface area contributed by atoms with E-state index in [1.807, 2.05) is 0 Å². The van der Waals surface area contributed by atoms with Gasteiger partial charge in [0.2, 0.25) is 0 Å². The van der Waals surface area contributed by atoms with E-state index in [-0.39, 0.29) is 10.8 Å². The minimum atomic E-state index is -0.118.